The van der Waals surface area contributed by atoms with E-state index < -0.39 is 0 Å². The molecule has 1 fully saturated rings. The molecule has 0 bridgehead atoms. The molecular formula is C17H28Cl2N6. The number of likely N-dealkylation sites (N-methyl/N-ethyl adjacent to an activating group) is 1. The number of nitrogens with one attached hydrogen (secondary N) is 1. The summed E-state index contributed by atoms with van der Waals surface area (Å²) in [6, 6.07) is 2.72. The summed E-state index contributed by atoms with van der Waals surface area (Å²) in [5, 5.41) is 8.29. The van der Waals surface area contributed by atoms with Crippen LogP contribution in [0, 0.1) is 0 Å². The molecule has 1 saturated heterocycles. The third kappa shape index (κ3) is 4.19. The summed E-state index contributed by atoms with van der Waals surface area (Å²) < 4.78 is 4.49. The largest absolute Gasteiger partial charge is 0.325 e. The highest BCUT2D eigenvalue weighted by atomic mass is 35.5. The fourth-order valence-electron chi connectivity index (χ4n) is 3.82. The van der Waals surface area contributed by atoms with E-state index in [1.807, 2.05) is 6.20 Å². The van der Waals surface area contributed by atoms with E-state index in [-0.39, 0.29) is 24.8 Å². The van der Waals surface area contributed by atoms with Gasteiger partial charge in [-0.15, -0.1) is 24.8 Å². The number of hydrogen-bond donors (Lipinski definition) is 1. The molecule has 2 aromatic rings. The summed E-state index contributed by atoms with van der Waals surface area (Å²) in [5.41, 5.74) is 2.29. The third-order valence-electron chi connectivity index (χ3n) is 5.11. The van der Waals surface area contributed by atoms with E-state index in [9.17, 15) is 0 Å². The average Bonchev–Trinajstić information content (AvgIpc) is 3.17. The van der Waals surface area contributed by atoms with Gasteiger partial charge in [-0.05, 0) is 45.0 Å². The van der Waals surface area contributed by atoms with Crippen molar-refractivity contribution in [1.29, 1.82) is 0 Å². The number of likely N-dealkylation sites (tertiary alicyclic amines) is 1. The lowest BCUT2D eigenvalue weighted by atomic mass is 10.1. The van der Waals surface area contributed by atoms with Gasteiger partial charge < -0.3 is 14.8 Å². The Balaban J connectivity index is 0.00000113. The van der Waals surface area contributed by atoms with Crippen molar-refractivity contribution in [3.8, 4) is 11.5 Å². The molecule has 0 saturated carbocycles. The smallest absolute Gasteiger partial charge is 0.160 e. The monoisotopic (exact) mass is 386 g/mol. The van der Waals surface area contributed by atoms with Gasteiger partial charge in [-0.25, -0.2) is 4.98 Å². The van der Waals surface area contributed by atoms with Gasteiger partial charge in [-0.1, -0.05) is 6.92 Å². The van der Waals surface area contributed by atoms with E-state index >= 15 is 0 Å². The minimum atomic E-state index is 0. The van der Waals surface area contributed by atoms with Gasteiger partial charge in [-0.3, -0.25) is 4.68 Å². The van der Waals surface area contributed by atoms with Crippen LogP contribution >= 0.6 is 24.8 Å². The summed E-state index contributed by atoms with van der Waals surface area (Å²) >= 11 is 0. The van der Waals surface area contributed by atoms with Gasteiger partial charge >= 0.3 is 0 Å². The molecule has 140 valence electrons. The molecule has 0 radical (unpaired) electrons. The molecule has 25 heavy (non-hydrogen) atoms. The number of nitrogens with zero attached hydrogens (tertiary/aromatic N) is 5. The Morgan fingerprint density at radius 1 is 1.24 bits per heavy atom. The van der Waals surface area contributed by atoms with Crippen LogP contribution in [0.2, 0.25) is 0 Å². The number of rotatable bonds is 3. The minimum absolute atomic E-state index is 0. The second-order valence-corrected chi connectivity index (χ2v) is 6.62. The minimum Gasteiger partial charge on any atom is -0.325 e. The van der Waals surface area contributed by atoms with Crippen LogP contribution in [0.3, 0.4) is 0 Å². The highest BCUT2D eigenvalue weighted by Gasteiger charge is 2.24. The van der Waals surface area contributed by atoms with Crippen molar-refractivity contribution < 1.29 is 0 Å². The lowest BCUT2D eigenvalue weighted by Crippen LogP contribution is -2.36. The van der Waals surface area contributed by atoms with E-state index in [0.29, 0.717) is 6.04 Å². The number of aryl methyl sites for hydroxylation is 1. The first kappa shape index (κ1) is 20.2. The molecule has 2 aliphatic heterocycles. The van der Waals surface area contributed by atoms with Crippen molar-refractivity contribution in [3.63, 3.8) is 0 Å². The maximum atomic E-state index is 4.83. The normalized spacial score (nSPS) is 20.9. The van der Waals surface area contributed by atoms with Gasteiger partial charge in [0.05, 0.1) is 5.69 Å². The molecule has 1 unspecified atom stereocenters. The van der Waals surface area contributed by atoms with Crippen molar-refractivity contribution in [3.05, 3.63) is 24.2 Å². The fourth-order valence-corrected chi connectivity index (χ4v) is 3.82. The molecule has 2 aliphatic rings. The first-order chi connectivity index (χ1) is 11.3. The molecule has 0 spiro atoms. The lowest BCUT2D eigenvalue weighted by molar-refractivity contribution is 0.186. The van der Waals surface area contributed by atoms with E-state index in [2.05, 4.69) is 43.6 Å². The topological polar surface area (TPSA) is 50.9 Å². The predicted octanol–water partition coefficient (Wildman–Crippen LogP) is 2.74. The van der Waals surface area contributed by atoms with E-state index in [4.69, 9.17) is 5.10 Å². The molecular weight excluding hydrogens is 359 g/mol. The summed E-state index contributed by atoms with van der Waals surface area (Å²) in [4.78, 5) is 7.16. The van der Waals surface area contributed by atoms with Crippen LogP contribution in [0.25, 0.3) is 11.5 Å². The molecule has 6 nitrogen and oxygen atoms in total. The molecule has 1 atom stereocenters. The zero-order valence-corrected chi connectivity index (χ0v) is 16.4. The van der Waals surface area contributed by atoms with Crippen LogP contribution < -0.4 is 5.32 Å². The van der Waals surface area contributed by atoms with Gasteiger partial charge in [-0.2, -0.15) is 5.10 Å². The van der Waals surface area contributed by atoms with Crippen molar-refractivity contribution in [1.82, 2.24) is 29.5 Å². The van der Waals surface area contributed by atoms with E-state index in [1.54, 1.807) is 0 Å². The number of hydrogen-bond acceptors (Lipinski definition) is 4. The Morgan fingerprint density at radius 3 is 2.96 bits per heavy atom. The quantitative estimate of drug-likeness (QED) is 0.880. The molecule has 4 rings (SSSR count). The van der Waals surface area contributed by atoms with Gasteiger partial charge in [0.15, 0.2) is 5.82 Å². The van der Waals surface area contributed by atoms with Crippen LogP contribution in [0.15, 0.2) is 18.5 Å². The highest BCUT2D eigenvalue weighted by Crippen LogP contribution is 2.27. The van der Waals surface area contributed by atoms with Crippen LogP contribution in [-0.4, -0.2) is 50.4 Å². The Hall–Kier alpha value is -1.08. The van der Waals surface area contributed by atoms with Gasteiger partial charge in [0.25, 0.3) is 0 Å². The summed E-state index contributed by atoms with van der Waals surface area (Å²) in [6.07, 6.45) is 7.68. The zero-order valence-electron chi connectivity index (χ0n) is 14.7. The van der Waals surface area contributed by atoms with Crippen LogP contribution in [0.4, 0.5) is 0 Å². The zero-order chi connectivity index (χ0) is 15.6. The first-order valence-corrected chi connectivity index (χ1v) is 8.88. The second kappa shape index (κ2) is 9.03. The number of halogens is 2. The van der Waals surface area contributed by atoms with Crippen LogP contribution in [0.5, 0.6) is 0 Å². The summed E-state index contributed by atoms with van der Waals surface area (Å²) in [7, 11) is 0. The average molecular weight is 387 g/mol. The van der Waals surface area contributed by atoms with Gasteiger partial charge in [0.1, 0.15) is 5.69 Å². The van der Waals surface area contributed by atoms with Gasteiger partial charge in [0.2, 0.25) is 0 Å². The third-order valence-corrected chi connectivity index (χ3v) is 5.11. The Kier molecular flexibility index (Phi) is 7.31. The molecule has 1 N–H and O–H groups in total. The van der Waals surface area contributed by atoms with Crippen LogP contribution in [-0.2, 0) is 13.1 Å². The molecule has 0 amide bonds. The highest BCUT2D eigenvalue weighted by molar-refractivity contribution is 5.85. The van der Waals surface area contributed by atoms with Crippen molar-refractivity contribution >= 4 is 24.8 Å². The van der Waals surface area contributed by atoms with Crippen LogP contribution in [0.1, 0.15) is 37.9 Å². The molecule has 2 aromatic heterocycles. The maximum absolute atomic E-state index is 4.83. The SMILES string of the molecule is CCN1CCCC(n2ccnc2-c2cc3n(n2)CCCNC3)C1.Cl.Cl. The van der Waals surface area contributed by atoms with E-state index in [0.717, 1.165) is 50.7 Å². The fraction of sp³-hybridized carbons (Fsp3) is 0.647. The van der Waals surface area contributed by atoms with Crippen molar-refractivity contribution in [2.45, 2.75) is 45.3 Å². The predicted molar refractivity (Wildman–Crippen MR) is 105 cm³/mol. The van der Waals surface area contributed by atoms with Gasteiger partial charge in [0, 0.05) is 38.1 Å². The van der Waals surface area contributed by atoms with E-state index in [1.165, 1.54) is 25.1 Å². The van der Waals surface area contributed by atoms with Crippen molar-refractivity contribution in [2.24, 2.45) is 0 Å². The second-order valence-electron chi connectivity index (χ2n) is 6.62. The Morgan fingerprint density at radius 2 is 2.12 bits per heavy atom. The van der Waals surface area contributed by atoms with Crippen molar-refractivity contribution in [2.75, 3.05) is 26.2 Å². The maximum Gasteiger partial charge on any atom is 0.160 e. The Labute approximate surface area is 161 Å². The number of piperidine rings is 1. The number of aromatic nitrogens is 4. The Bertz CT molecular complexity index is 644. The summed E-state index contributed by atoms with van der Waals surface area (Å²) in [5.74, 6) is 1.02. The summed E-state index contributed by atoms with van der Waals surface area (Å²) in [6.45, 7) is 8.69. The molecule has 0 aliphatic carbocycles. The standard InChI is InChI=1S/C17H26N6.2ClH/c1-2-21-8-3-5-14(13-21)22-10-7-19-17(22)16-11-15-12-18-6-4-9-23(15)20-16;;/h7,10-11,14,18H,2-6,8-9,12-13H2,1H3;2*1H. The lowest BCUT2D eigenvalue weighted by Gasteiger charge is -2.33. The molecule has 4 heterocycles. The number of imidazole rings is 1. The number of fused-ring (bicyclic) bond motifs is 1. The first-order valence-electron chi connectivity index (χ1n) is 8.88. The molecule has 8 heteroatoms. The molecule has 0 aromatic carbocycles.